The number of phenols is 1. The number of anilines is 1. The molecule has 1 aromatic carbocycles. The molecule has 2 heterocycles. The number of aliphatic hydroxyl groups is 1. The van der Waals surface area contributed by atoms with Gasteiger partial charge in [0.05, 0.1) is 25.0 Å². The molecule has 1 saturated heterocycles. The van der Waals surface area contributed by atoms with Crippen molar-refractivity contribution in [2.45, 2.75) is 38.3 Å². The van der Waals surface area contributed by atoms with Crippen molar-refractivity contribution in [2.24, 2.45) is 0 Å². The first-order valence-electron chi connectivity index (χ1n) is 8.26. The summed E-state index contributed by atoms with van der Waals surface area (Å²) in [7, 11) is 0. The molecule has 2 aliphatic rings. The Kier molecular flexibility index (Phi) is 6.62. The monoisotopic (exact) mass is 400 g/mol. The molecule has 0 spiro atoms. The number of carbonyl (C=O) groups excluding carboxylic acids is 1. The van der Waals surface area contributed by atoms with E-state index in [1.807, 2.05) is 0 Å². The molecule has 0 bridgehead atoms. The lowest BCUT2D eigenvalue weighted by Crippen LogP contribution is -2.46. The summed E-state index contributed by atoms with van der Waals surface area (Å²) < 4.78 is 5.39. The van der Waals surface area contributed by atoms with Crippen molar-refractivity contribution in [3.05, 3.63) is 23.3 Å². The number of hydrogen-bond acceptors (Lipinski definition) is 5. The van der Waals surface area contributed by atoms with Crippen LogP contribution >= 0.6 is 17.0 Å². The van der Waals surface area contributed by atoms with Gasteiger partial charge >= 0.3 is 0 Å². The molecule has 1 aromatic rings. The molecule has 1 fully saturated rings. The second-order valence-electron chi connectivity index (χ2n) is 6.14. The van der Waals surface area contributed by atoms with Gasteiger partial charge < -0.3 is 20.3 Å². The standard InChI is InChI=1S/C17H24N2O4.BrH/c1-2-13(19-7-9-23-10-8-19)17(22)12-3-5-14(20)16-11(12)4-6-15(21)18-16;/h3,5,13,17,20,22H,2,4,6-10H2,1H3,(H,18,21);1H. The highest BCUT2D eigenvalue weighted by atomic mass is 79.9. The number of rotatable bonds is 4. The van der Waals surface area contributed by atoms with Gasteiger partial charge in [-0.2, -0.15) is 0 Å². The summed E-state index contributed by atoms with van der Waals surface area (Å²) in [5.74, 6) is -0.0388. The molecule has 3 N–H and O–H groups in total. The van der Waals surface area contributed by atoms with Crippen molar-refractivity contribution < 1.29 is 19.7 Å². The summed E-state index contributed by atoms with van der Waals surface area (Å²) in [6.07, 6.45) is 1.09. The fourth-order valence-electron chi connectivity index (χ4n) is 3.58. The van der Waals surface area contributed by atoms with Gasteiger partial charge in [-0.1, -0.05) is 13.0 Å². The summed E-state index contributed by atoms with van der Waals surface area (Å²) in [4.78, 5) is 13.8. The molecule has 3 rings (SSSR count). The first kappa shape index (κ1) is 19.2. The number of morpholine rings is 1. The average molecular weight is 401 g/mol. The van der Waals surface area contributed by atoms with Gasteiger partial charge in [-0.3, -0.25) is 9.69 Å². The number of carbonyl (C=O) groups is 1. The Bertz CT molecular complexity index is 590. The molecule has 1 amide bonds. The Balaban J connectivity index is 0.00000208. The number of ether oxygens (including phenoxy) is 1. The maximum Gasteiger partial charge on any atom is 0.224 e. The number of fused-ring (bicyclic) bond motifs is 1. The zero-order chi connectivity index (χ0) is 16.4. The Labute approximate surface area is 152 Å². The van der Waals surface area contributed by atoms with Crippen LogP contribution in [0.4, 0.5) is 5.69 Å². The second-order valence-corrected chi connectivity index (χ2v) is 6.14. The number of aromatic hydroxyl groups is 1. The number of amides is 1. The van der Waals surface area contributed by atoms with Gasteiger partial charge in [0, 0.05) is 25.6 Å². The number of aliphatic hydroxyl groups excluding tert-OH is 1. The topological polar surface area (TPSA) is 82.0 Å². The van der Waals surface area contributed by atoms with Gasteiger partial charge in [-0.05, 0) is 30.0 Å². The maximum absolute atomic E-state index is 11.6. The minimum absolute atomic E-state index is 0. The molecule has 0 saturated carbocycles. The summed E-state index contributed by atoms with van der Waals surface area (Å²) in [5.41, 5.74) is 2.11. The fourth-order valence-corrected chi connectivity index (χ4v) is 3.58. The van der Waals surface area contributed by atoms with E-state index in [9.17, 15) is 15.0 Å². The van der Waals surface area contributed by atoms with E-state index in [-0.39, 0.29) is 34.7 Å². The highest BCUT2D eigenvalue weighted by Crippen LogP contribution is 2.38. The van der Waals surface area contributed by atoms with E-state index in [4.69, 9.17) is 4.74 Å². The van der Waals surface area contributed by atoms with Crippen molar-refractivity contribution in [3.8, 4) is 5.75 Å². The normalized spacial score (nSPS) is 20.5. The molecule has 6 nitrogen and oxygen atoms in total. The molecule has 7 heteroatoms. The van der Waals surface area contributed by atoms with Crippen molar-refractivity contribution in [1.29, 1.82) is 0 Å². The zero-order valence-corrected chi connectivity index (χ0v) is 15.5. The SMILES string of the molecule is Br.CCC(C(O)c1ccc(O)c2c1CCC(=O)N2)N1CCOCC1. The number of hydrogen-bond donors (Lipinski definition) is 3. The zero-order valence-electron chi connectivity index (χ0n) is 13.8. The van der Waals surface area contributed by atoms with E-state index in [1.165, 1.54) is 0 Å². The molecule has 0 aromatic heterocycles. The van der Waals surface area contributed by atoms with Crippen molar-refractivity contribution in [2.75, 3.05) is 31.6 Å². The molecule has 24 heavy (non-hydrogen) atoms. The largest absolute Gasteiger partial charge is 0.506 e. The molecular weight excluding hydrogens is 376 g/mol. The van der Waals surface area contributed by atoms with E-state index in [1.54, 1.807) is 12.1 Å². The van der Waals surface area contributed by atoms with Gasteiger partial charge in [0.1, 0.15) is 5.75 Å². The van der Waals surface area contributed by atoms with Gasteiger partial charge in [0.25, 0.3) is 0 Å². The van der Waals surface area contributed by atoms with Crippen LogP contribution in [0.3, 0.4) is 0 Å². The van der Waals surface area contributed by atoms with E-state index in [0.717, 1.165) is 30.6 Å². The predicted molar refractivity (Wildman–Crippen MR) is 96.8 cm³/mol. The Morgan fingerprint density at radius 2 is 2.00 bits per heavy atom. The second kappa shape index (κ2) is 8.29. The molecule has 0 radical (unpaired) electrons. The number of benzene rings is 1. The van der Waals surface area contributed by atoms with Gasteiger partial charge in [0.2, 0.25) is 5.91 Å². The molecule has 134 valence electrons. The van der Waals surface area contributed by atoms with Crippen LogP contribution in [-0.4, -0.2) is 53.4 Å². The van der Waals surface area contributed by atoms with Gasteiger partial charge in [0.15, 0.2) is 0 Å². The van der Waals surface area contributed by atoms with Crippen LogP contribution in [0.5, 0.6) is 5.75 Å². The van der Waals surface area contributed by atoms with Crippen LogP contribution in [0.1, 0.15) is 37.0 Å². The number of nitrogens with one attached hydrogen (secondary N) is 1. The van der Waals surface area contributed by atoms with Crippen molar-refractivity contribution in [3.63, 3.8) is 0 Å². The van der Waals surface area contributed by atoms with Crippen LogP contribution < -0.4 is 5.32 Å². The van der Waals surface area contributed by atoms with Crippen LogP contribution in [0, 0.1) is 0 Å². The van der Waals surface area contributed by atoms with E-state index in [2.05, 4.69) is 17.1 Å². The smallest absolute Gasteiger partial charge is 0.224 e. The first-order chi connectivity index (χ1) is 11.1. The lowest BCUT2D eigenvalue weighted by Gasteiger charge is -2.37. The van der Waals surface area contributed by atoms with Crippen LogP contribution in [0.25, 0.3) is 0 Å². The maximum atomic E-state index is 11.6. The third-order valence-electron chi connectivity index (χ3n) is 4.81. The number of halogens is 1. The molecular formula is C17H25BrN2O4. The Morgan fingerprint density at radius 1 is 1.29 bits per heavy atom. The Morgan fingerprint density at radius 3 is 2.67 bits per heavy atom. The summed E-state index contributed by atoms with van der Waals surface area (Å²) >= 11 is 0. The minimum Gasteiger partial charge on any atom is -0.506 e. The van der Waals surface area contributed by atoms with Crippen molar-refractivity contribution >= 4 is 28.6 Å². The van der Waals surface area contributed by atoms with E-state index in [0.29, 0.717) is 31.7 Å². The Hall–Kier alpha value is -1.15. The number of nitrogens with zero attached hydrogens (tertiary/aromatic N) is 1. The third-order valence-corrected chi connectivity index (χ3v) is 4.81. The lowest BCUT2D eigenvalue weighted by molar-refractivity contribution is -0.116. The molecule has 2 atom stereocenters. The molecule has 0 aliphatic carbocycles. The van der Waals surface area contributed by atoms with E-state index >= 15 is 0 Å². The molecule has 2 aliphatic heterocycles. The highest BCUT2D eigenvalue weighted by molar-refractivity contribution is 8.93. The molecule has 2 unspecified atom stereocenters. The van der Waals surface area contributed by atoms with Gasteiger partial charge in [-0.25, -0.2) is 0 Å². The van der Waals surface area contributed by atoms with E-state index < -0.39 is 6.10 Å². The van der Waals surface area contributed by atoms with Crippen LogP contribution in [-0.2, 0) is 16.0 Å². The van der Waals surface area contributed by atoms with Crippen LogP contribution in [0.15, 0.2) is 12.1 Å². The lowest BCUT2D eigenvalue weighted by atomic mass is 9.89. The van der Waals surface area contributed by atoms with Gasteiger partial charge in [-0.15, -0.1) is 17.0 Å². The summed E-state index contributed by atoms with van der Waals surface area (Å²) in [6, 6.07) is 3.33. The van der Waals surface area contributed by atoms with Crippen LogP contribution in [0.2, 0.25) is 0 Å². The average Bonchev–Trinajstić information content (AvgIpc) is 2.57. The minimum atomic E-state index is -0.651. The summed E-state index contributed by atoms with van der Waals surface area (Å²) in [6.45, 7) is 5.07. The quantitative estimate of drug-likeness (QED) is 0.673. The predicted octanol–water partition coefficient (Wildman–Crippen LogP) is 2.00. The fraction of sp³-hybridized carbons (Fsp3) is 0.588. The first-order valence-corrected chi connectivity index (χ1v) is 8.26. The van der Waals surface area contributed by atoms with Crippen molar-refractivity contribution in [1.82, 2.24) is 4.90 Å². The third kappa shape index (κ3) is 3.74. The number of phenolic OH excluding ortho intramolecular Hbond substituents is 1. The summed E-state index contributed by atoms with van der Waals surface area (Å²) in [5, 5.41) is 23.7. The highest BCUT2D eigenvalue weighted by Gasteiger charge is 2.31.